The molecule has 96 valence electrons. The summed E-state index contributed by atoms with van der Waals surface area (Å²) in [5, 5.41) is 6.47. The zero-order chi connectivity index (χ0) is 13.4. The van der Waals surface area contributed by atoms with Crippen LogP contribution in [-0.4, -0.2) is 18.0 Å². The highest BCUT2D eigenvalue weighted by Gasteiger charge is 2.04. The minimum atomic E-state index is -0.270. The third-order valence-electron chi connectivity index (χ3n) is 2.19. The summed E-state index contributed by atoms with van der Waals surface area (Å²) >= 11 is 0. The smallest absolute Gasteiger partial charge is 0.271 e. The number of hydrogen-bond donors (Lipinski definition) is 2. The van der Waals surface area contributed by atoms with Crippen molar-refractivity contribution in [3.05, 3.63) is 29.8 Å². The molecule has 18 heavy (non-hydrogen) atoms. The number of nitrogens with zero attached hydrogens (tertiary/aromatic N) is 1. The molecule has 0 unspecified atom stereocenters. The number of benzene rings is 1. The van der Waals surface area contributed by atoms with Crippen LogP contribution in [0.2, 0.25) is 0 Å². The Kier molecular flexibility index (Phi) is 5.57. The summed E-state index contributed by atoms with van der Waals surface area (Å²) in [5.41, 5.74) is 3.59. The molecule has 0 heterocycles. The van der Waals surface area contributed by atoms with E-state index in [1.807, 2.05) is 6.92 Å². The average Bonchev–Trinajstić information content (AvgIpc) is 2.39. The maximum atomic E-state index is 11.6. The van der Waals surface area contributed by atoms with Gasteiger partial charge in [0.05, 0.1) is 0 Å². The van der Waals surface area contributed by atoms with Gasteiger partial charge in [0.25, 0.3) is 5.91 Å². The molecule has 0 aliphatic heterocycles. The van der Waals surface area contributed by atoms with Gasteiger partial charge in [-0.15, -0.1) is 0 Å². The summed E-state index contributed by atoms with van der Waals surface area (Å²) in [7, 11) is 0. The van der Waals surface area contributed by atoms with Crippen molar-refractivity contribution >= 4 is 23.7 Å². The quantitative estimate of drug-likeness (QED) is 0.618. The van der Waals surface area contributed by atoms with Crippen LogP contribution < -0.4 is 10.7 Å². The Bertz CT molecular complexity index is 438. The van der Waals surface area contributed by atoms with Crippen LogP contribution in [0.1, 0.15) is 37.0 Å². The molecule has 0 atom stereocenters. The summed E-state index contributed by atoms with van der Waals surface area (Å²) in [6.07, 6.45) is 2.81. The Morgan fingerprint density at radius 2 is 1.89 bits per heavy atom. The van der Waals surface area contributed by atoms with Crippen molar-refractivity contribution in [2.24, 2.45) is 5.10 Å². The Morgan fingerprint density at radius 3 is 2.44 bits per heavy atom. The number of hydrazone groups is 1. The SMILES string of the molecule is CCC=NNC(=O)c1ccc(NC(=O)CC)cc1. The van der Waals surface area contributed by atoms with E-state index in [4.69, 9.17) is 0 Å². The second-order valence-electron chi connectivity index (χ2n) is 3.64. The number of carbonyl (C=O) groups is 2. The van der Waals surface area contributed by atoms with Crippen LogP contribution in [0.4, 0.5) is 5.69 Å². The molecule has 0 fully saturated rings. The van der Waals surface area contributed by atoms with Crippen molar-refractivity contribution < 1.29 is 9.59 Å². The van der Waals surface area contributed by atoms with Gasteiger partial charge in [0.1, 0.15) is 0 Å². The molecule has 0 aliphatic carbocycles. The van der Waals surface area contributed by atoms with Crippen LogP contribution >= 0.6 is 0 Å². The van der Waals surface area contributed by atoms with Crippen molar-refractivity contribution in [1.29, 1.82) is 0 Å². The molecule has 2 N–H and O–H groups in total. The van der Waals surface area contributed by atoms with Gasteiger partial charge < -0.3 is 5.32 Å². The molecular formula is C13H17N3O2. The summed E-state index contributed by atoms with van der Waals surface area (Å²) in [5.74, 6) is -0.326. The summed E-state index contributed by atoms with van der Waals surface area (Å²) < 4.78 is 0. The predicted octanol–water partition coefficient (Wildman–Crippen LogP) is 2.16. The molecule has 5 heteroatoms. The standard InChI is InChI=1S/C13H17N3O2/c1-3-9-14-16-13(18)10-5-7-11(8-6-10)15-12(17)4-2/h5-9H,3-4H2,1-2H3,(H,15,17)(H,16,18). The lowest BCUT2D eigenvalue weighted by atomic mass is 10.2. The van der Waals surface area contributed by atoms with E-state index in [-0.39, 0.29) is 11.8 Å². The van der Waals surface area contributed by atoms with E-state index < -0.39 is 0 Å². The van der Waals surface area contributed by atoms with Crippen molar-refractivity contribution in [2.75, 3.05) is 5.32 Å². The predicted molar refractivity (Wildman–Crippen MR) is 71.6 cm³/mol. The monoisotopic (exact) mass is 247 g/mol. The second-order valence-corrected chi connectivity index (χ2v) is 3.64. The first kappa shape index (κ1) is 13.9. The zero-order valence-electron chi connectivity index (χ0n) is 10.6. The van der Waals surface area contributed by atoms with Crippen LogP contribution in [0, 0.1) is 0 Å². The first-order valence-electron chi connectivity index (χ1n) is 5.89. The Labute approximate surface area is 106 Å². The van der Waals surface area contributed by atoms with Crippen molar-refractivity contribution in [3.8, 4) is 0 Å². The van der Waals surface area contributed by atoms with E-state index in [0.717, 1.165) is 6.42 Å². The fourth-order valence-electron chi connectivity index (χ4n) is 1.21. The molecule has 0 aromatic heterocycles. The maximum absolute atomic E-state index is 11.6. The first-order chi connectivity index (χ1) is 8.67. The summed E-state index contributed by atoms with van der Waals surface area (Å²) in [4.78, 5) is 22.8. The molecule has 1 aromatic carbocycles. The fraction of sp³-hybridized carbons (Fsp3) is 0.308. The van der Waals surface area contributed by atoms with E-state index >= 15 is 0 Å². The van der Waals surface area contributed by atoms with Crippen LogP contribution in [0.15, 0.2) is 29.4 Å². The number of nitrogens with one attached hydrogen (secondary N) is 2. The van der Waals surface area contributed by atoms with E-state index in [1.54, 1.807) is 37.4 Å². The van der Waals surface area contributed by atoms with E-state index in [0.29, 0.717) is 17.7 Å². The zero-order valence-corrected chi connectivity index (χ0v) is 10.6. The molecule has 1 rings (SSSR count). The lowest BCUT2D eigenvalue weighted by Crippen LogP contribution is -2.17. The molecule has 0 spiro atoms. The molecule has 0 bridgehead atoms. The van der Waals surface area contributed by atoms with Crippen molar-refractivity contribution in [2.45, 2.75) is 26.7 Å². The van der Waals surface area contributed by atoms with Gasteiger partial charge >= 0.3 is 0 Å². The maximum Gasteiger partial charge on any atom is 0.271 e. The van der Waals surface area contributed by atoms with Crippen LogP contribution in [0.5, 0.6) is 0 Å². The van der Waals surface area contributed by atoms with Gasteiger partial charge in [-0.05, 0) is 30.7 Å². The number of anilines is 1. The summed E-state index contributed by atoms with van der Waals surface area (Å²) in [6, 6.07) is 6.65. The van der Waals surface area contributed by atoms with Crippen LogP contribution in [-0.2, 0) is 4.79 Å². The molecule has 0 aliphatic rings. The van der Waals surface area contributed by atoms with Crippen molar-refractivity contribution in [1.82, 2.24) is 5.43 Å². The fourth-order valence-corrected chi connectivity index (χ4v) is 1.21. The molecule has 2 amide bonds. The van der Waals surface area contributed by atoms with Crippen molar-refractivity contribution in [3.63, 3.8) is 0 Å². The Hall–Kier alpha value is -2.17. The number of carbonyl (C=O) groups excluding carboxylic acids is 2. The normalized spacial score (nSPS) is 10.3. The molecule has 0 radical (unpaired) electrons. The number of hydrogen-bond acceptors (Lipinski definition) is 3. The first-order valence-corrected chi connectivity index (χ1v) is 5.89. The molecular weight excluding hydrogens is 230 g/mol. The largest absolute Gasteiger partial charge is 0.326 e. The minimum Gasteiger partial charge on any atom is -0.326 e. The van der Waals surface area contributed by atoms with E-state index in [2.05, 4.69) is 15.8 Å². The average molecular weight is 247 g/mol. The summed E-state index contributed by atoms with van der Waals surface area (Å²) in [6.45, 7) is 3.71. The topological polar surface area (TPSA) is 70.6 Å². The molecule has 0 saturated heterocycles. The van der Waals surface area contributed by atoms with Gasteiger partial charge in [0.2, 0.25) is 5.91 Å². The van der Waals surface area contributed by atoms with Gasteiger partial charge in [-0.2, -0.15) is 5.10 Å². The highest BCUT2D eigenvalue weighted by molar-refractivity contribution is 5.95. The van der Waals surface area contributed by atoms with E-state index in [9.17, 15) is 9.59 Å². The minimum absolute atomic E-state index is 0.0558. The van der Waals surface area contributed by atoms with Gasteiger partial charge in [-0.3, -0.25) is 9.59 Å². The Morgan fingerprint density at radius 1 is 1.22 bits per heavy atom. The molecule has 5 nitrogen and oxygen atoms in total. The number of amides is 2. The molecule has 1 aromatic rings. The third-order valence-corrected chi connectivity index (χ3v) is 2.19. The highest BCUT2D eigenvalue weighted by atomic mass is 16.2. The van der Waals surface area contributed by atoms with Gasteiger partial charge in [0, 0.05) is 23.9 Å². The van der Waals surface area contributed by atoms with Crippen LogP contribution in [0.25, 0.3) is 0 Å². The Balaban J connectivity index is 2.62. The van der Waals surface area contributed by atoms with E-state index in [1.165, 1.54) is 0 Å². The second kappa shape index (κ2) is 7.21. The lowest BCUT2D eigenvalue weighted by molar-refractivity contribution is -0.115. The van der Waals surface area contributed by atoms with Crippen LogP contribution in [0.3, 0.4) is 0 Å². The van der Waals surface area contributed by atoms with Gasteiger partial charge in [0.15, 0.2) is 0 Å². The van der Waals surface area contributed by atoms with Gasteiger partial charge in [-0.1, -0.05) is 13.8 Å². The molecule has 0 saturated carbocycles. The highest BCUT2D eigenvalue weighted by Crippen LogP contribution is 2.09. The number of rotatable bonds is 5. The third kappa shape index (κ3) is 4.37. The lowest BCUT2D eigenvalue weighted by Gasteiger charge is -2.04. The van der Waals surface area contributed by atoms with Gasteiger partial charge in [-0.25, -0.2) is 5.43 Å².